The van der Waals surface area contributed by atoms with Crippen LogP contribution in [0.15, 0.2) is 55.0 Å². The molecule has 3 aromatic rings. The summed E-state index contributed by atoms with van der Waals surface area (Å²) in [6.07, 6.45) is 4.58. The summed E-state index contributed by atoms with van der Waals surface area (Å²) in [5.74, 6) is -0.391. The Morgan fingerprint density at radius 3 is 2.80 bits per heavy atom. The van der Waals surface area contributed by atoms with E-state index in [4.69, 9.17) is 0 Å². The average Bonchev–Trinajstić information content (AvgIpc) is 3.10. The molecular weight excluding hydrogens is 383 g/mol. The lowest BCUT2D eigenvalue weighted by molar-refractivity contribution is 0.0787. The van der Waals surface area contributed by atoms with Gasteiger partial charge in [-0.15, -0.1) is 0 Å². The second-order valence-electron chi connectivity index (χ2n) is 7.18. The highest BCUT2D eigenvalue weighted by molar-refractivity contribution is 6.09. The lowest BCUT2D eigenvalue weighted by Crippen LogP contribution is -2.22. The van der Waals surface area contributed by atoms with Gasteiger partial charge in [-0.25, -0.2) is 9.37 Å². The molecule has 1 aliphatic rings. The largest absolute Gasteiger partial charge is 0.363 e. The lowest BCUT2D eigenvalue weighted by Gasteiger charge is -2.18. The number of aromatic nitrogens is 2. The number of carbonyl (C=O) groups is 2. The van der Waals surface area contributed by atoms with Crippen LogP contribution in [0.1, 0.15) is 57.3 Å². The summed E-state index contributed by atoms with van der Waals surface area (Å²) in [4.78, 5) is 34.9. The summed E-state index contributed by atoms with van der Waals surface area (Å²) >= 11 is 0. The van der Waals surface area contributed by atoms with E-state index in [1.54, 1.807) is 41.6 Å². The van der Waals surface area contributed by atoms with Gasteiger partial charge in [-0.3, -0.25) is 14.6 Å². The fourth-order valence-corrected chi connectivity index (χ4v) is 3.59. The van der Waals surface area contributed by atoms with Crippen LogP contribution in [0.2, 0.25) is 0 Å². The van der Waals surface area contributed by atoms with E-state index in [9.17, 15) is 14.0 Å². The lowest BCUT2D eigenvalue weighted by atomic mass is 10.00. The standard InChI is InChI=1S/C23H21FN4O2/c1-3-28-13-19-17(23(28)30)8-10-26-22(19)27-14(2)15-6-7-18(20(24)11-15)21(29)16-5-4-9-25-12-16/h4-12,14H,3,13H2,1-2H3,(H,26,27). The van der Waals surface area contributed by atoms with Crippen molar-refractivity contribution in [2.75, 3.05) is 11.9 Å². The number of ketones is 1. The van der Waals surface area contributed by atoms with Gasteiger partial charge in [0.2, 0.25) is 0 Å². The molecule has 1 N–H and O–H groups in total. The van der Waals surface area contributed by atoms with Crippen molar-refractivity contribution in [2.24, 2.45) is 0 Å². The van der Waals surface area contributed by atoms with E-state index < -0.39 is 11.6 Å². The number of amides is 1. The molecule has 6 nitrogen and oxygen atoms in total. The van der Waals surface area contributed by atoms with Crippen LogP contribution in [0.4, 0.5) is 10.2 Å². The normalized spacial score (nSPS) is 13.8. The third-order valence-electron chi connectivity index (χ3n) is 5.32. The number of anilines is 1. The Labute approximate surface area is 173 Å². The van der Waals surface area contributed by atoms with Crippen molar-refractivity contribution in [1.29, 1.82) is 0 Å². The number of carbonyl (C=O) groups excluding carboxylic acids is 2. The van der Waals surface area contributed by atoms with Gasteiger partial charge in [0, 0.05) is 41.8 Å². The molecule has 0 radical (unpaired) electrons. The van der Waals surface area contributed by atoms with E-state index in [-0.39, 0.29) is 17.5 Å². The molecule has 2 aromatic heterocycles. The molecule has 3 heterocycles. The number of halogens is 1. The molecule has 0 aliphatic carbocycles. The predicted octanol–water partition coefficient (Wildman–Crippen LogP) is 4.00. The molecule has 1 unspecified atom stereocenters. The SMILES string of the molecule is CCN1Cc2c(ccnc2NC(C)c2ccc(C(=O)c3cccnc3)c(F)c2)C1=O. The second kappa shape index (κ2) is 8.02. The summed E-state index contributed by atoms with van der Waals surface area (Å²) in [7, 11) is 0. The van der Waals surface area contributed by atoms with Crippen LogP contribution in [-0.2, 0) is 6.54 Å². The maximum absolute atomic E-state index is 14.7. The third-order valence-corrected chi connectivity index (χ3v) is 5.32. The molecule has 4 rings (SSSR count). The van der Waals surface area contributed by atoms with E-state index in [2.05, 4.69) is 15.3 Å². The smallest absolute Gasteiger partial charge is 0.254 e. The van der Waals surface area contributed by atoms with Crippen LogP contribution >= 0.6 is 0 Å². The molecule has 1 amide bonds. The summed E-state index contributed by atoms with van der Waals surface area (Å²) in [5, 5.41) is 3.28. The first-order valence-electron chi connectivity index (χ1n) is 9.77. The number of rotatable bonds is 6. The zero-order valence-electron chi connectivity index (χ0n) is 16.7. The third kappa shape index (κ3) is 3.54. The first-order valence-corrected chi connectivity index (χ1v) is 9.77. The molecule has 152 valence electrons. The zero-order chi connectivity index (χ0) is 21.3. The van der Waals surface area contributed by atoms with E-state index in [1.807, 2.05) is 13.8 Å². The van der Waals surface area contributed by atoms with E-state index in [1.165, 1.54) is 18.3 Å². The first kappa shape index (κ1) is 19.7. The predicted molar refractivity (Wildman–Crippen MR) is 111 cm³/mol. The van der Waals surface area contributed by atoms with Crippen molar-refractivity contribution in [3.05, 3.63) is 88.6 Å². The van der Waals surface area contributed by atoms with Gasteiger partial charge in [0.05, 0.1) is 18.2 Å². The quantitative estimate of drug-likeness (QED) is 0.629. The van der Waals surface area contributed by atoms with Gasteiger partial charge in [0.15, 0.2) is 5.78 Å². The van der Waals surface area contributed by atoms with E-state index in [0.29, 0.717) is 35.6 Å². The van der Waals surface area contributed by atoms with Crippen LogP contribution < -0.4 is 5.32 Å². The Morgan fingerprint density at radius 2 is 2.10 bits per heavy atom. The number of nitrogens with one attached hydrogen (secondary N) is 1. The molecule has 0 bridgehead atoms. The Balaban J connectivity index is 1.56. The van der Waals surface area contributed by atoms with E-state index in [0.717, 1.165) is 5.56 Å². The number of fused-ring (bicyclic) bond motifs is 1. The molecule has 1 aromatic carbocycles. The second-order valence-corrected chi connectivity index (χ2v) is 7.18. The van der Waals surface area contributed by atoms with Gasteiger partial charge < -0.3 is 10.2 Å². The maximum atomic E-state index is 14.7. The Hall–Kier alpha value is -3.61. The number of hydrogen-bond donors (Lipinski definition) is 1. The van der Waals surface area contributed by atoms with Gasteiger partial charge in [0.1, 0.15) is 11.6 Å². The summed E-state index contributed by atoms with van der Waals surface area (Å²) < 4.78 is 14.7. The van der Waals surface area contributed by atoms with Crippen molar-refractivity contribution in [1.82, 2.24) is 14.9 Å². The van der Waals surface area contributed by atoms with Crippen LogP contribution in [0.5, 0.6) is 0 Å². The van der Waals surface area contributed by atoms with Crippen molar-refractivity contribution >= 4 is 17.5 Å². The minimum Gasteiger partial charge on any atom is -0.363 e. The van der Waals surface area contributed by atoms with Crippen LogP contribution in [0, 0.1) is 5.82 Å². The Kier molecular flexibility index (Phi) is 5.27. The van der Waals surface area contributed by atoms with Crippen LogP contribution in [-0.4, -0.2) is 33.1 Å². The van der Waals surface area contributed by atoms with Crippen LogP contribution in [0.25, 0.3) is 0 Å². The molecular formula is C23H21FN4O2. The maximum Gasteiger partial charge on any atom is 0.254 e. The molecule has 0 fully saturated rings. The minimum atomic E-state index is -0.589. The summed E-state index contributed by atoms with van der Waals surface area (Å²) in [6.45, 7) is 4.94. The number of benzene rings is 1. The highest BCUT2D eigenvalue weighted by atomic mass is 19.1. The van der Waals surface area contributed by atoms with Crippen molar-refractivity contribution in [3.63, 3.8) is 0 Å². The van der Waals surface area contributed by atoms with Crippen LogP contribution in [0.3, 0.4) is 0 Å². The minimum absolute atomic E-state index is 0.00172. The fraction of sp³-hybridized carbons (Fsp3) is 0.217. The van der Waals surface area contributed by atoms with Gasteiger partial charge in [0.25, 0.3) is 5.91 Å². The van der Waals surface area contributed by atoms with Gasteiger partial charge in [-0.2, -0.15) is 0 Å². The summed E-state index contributed by atoms with van der Waals surface area (Å²) in [5.41, 5.74) is 2.50. The topological polar surface area (TPSA) is 75.2 Å². The number of hydrogen-bond acceptors (Lipinski definition) is 5. The molecule has 1 aliphatic heterocycles. The fourth-order valence-electron chi connectivity index (χ4n) is 3.59. The monoisotopic (exact) mass is 404 g/mol. The molecule has 0 saturated carbocycles. The molecule has 0 spiro atoms. The van der Waals surface area contributed by atoms with E-state index >= 15 is 0 Å². The Morgan fingerprint density at radius 1 is 1.27 bits per heavy atom. The number of pyridine rings is 2. The van der Waals surface area contributed by atoms with Gasteiger partial charge in [-0.05, 0) is 49.7 Å². The van der Waals surface area contributed by atoms with Gasteiger partial charge >= 0.3 is 0 Å². The van der Waals surface area contributed by atoms with Crippen molar-refractivity contribution in [3.8, 4) is 0 Å². The molecule has 1 atom stereocenters. The van der Waals surface area contributed by atoms with Crippen molar-refractivity contribution in [2.45, 2.75) is 26.4 Å². The van der Waals surface area contributed by atoms with Gasteiger partial charge in [-0.1, -0.05) is 6.07 Å². The molecule has 7 heteroatoms. The molecule has 30 heavy (non-hydrogen) atoms. The summed E-state index contributed by atoms with van der Waals surface area (Å²) in [6, 6.07) is 9.26. The Bertz CT molecular complexity index is 1120. The zero-order valence-corrected chi connectivity index (χ0v) is 16.7. The highest BCUT2D eigenvalue weighted by Gasteiger charge is 2.29. The van der Waals surface area contributed by atoms with Crippen molar-refractivity contribution < 1.29 is 14.0 Å². The number of nitrogens with zero attached hydrogens (tertiary/aromatic N) is 3. The average molecular weight is 404 g/mol. The first-order chi connectivity index (χ1) is 14.5. The molecule has 0 saturated heterocycles. The highest BCUT2D eigenvalue weighted by Crippen LogP contribution is 2.30.